The van der Waals surface area contributed by atoms with Crippen LogP contribution in [0.4, 0.5) is 0 Å². The Labute approximate surface area is 113 Å². The summed E-state index contributed by atoms with van der Waals surface area (Å²) in [7, 11) is 2.24. The van der Waals surface area contributed by atoms with Crippen molar-refractivity contribution in [2.75, 3.05) is 7.05 Å². The van der Waals surface area contributed by atoms with E-state index in [0.29, 0.717) is 12.0 Å². The molecule has 1 aromatic rings. The molecule has 1 heteroatoms. The quantitative estimate of drug-likeness (QED) is 0.746. The van der Waals surface area contributed by atoms with Gasteiger partial charge in [-0.3, -0.25) is 4.90 Å². The van der Waals surface area contributed by atoms with Crippen LogP contribution in [0.5, 0.6) is 0 Å². The van der Waals surface area contributed by atoms with E-state index in [9.17, 15) is 0 Å². The standard InChI is InChI=1S/C17H29N/c1-12(2)16(18(8)17(5,6)7)15-10-9-13(3)11-14(15)4/h9-12,16H,1-8H3. The highest BCUT2D eigenvalue weighted by molar-refractivity contribution is 5.33. The minimum absolute atomic E-state index is 0.187. The van der Waals surface area contributed by atoms with Crippen LogP contribution in [0.1, 0.15) is 57.4 Å². The molecule has 0 aromatic heterocycles. The molecule has 0 aliphatic carbocycles. The number of hydrogen-bond acceptors (Lipinski definition) is 1. The average Bonchev–Trinajstić information content (AvgIpc) is 2.19. The lowest BCUT2D eigenvalue weighted by atomic mass is 9.88. The Kier molecular flexibility index (Phi) is 4.61. The van der Waals surface area contributed by atoms with Crippen LogP contribution in [0.3, 0.4) is 0 Å². The van der Waals surface area contributed by atoms with Gasteiger partial charge in [0.25, 0.3) is 0 Å². The second kappa shape index (κ2) is 5.44. The average molecular weight is 247 g/mol. The maximum absolute atomic E-state index is 2.50. The molecule has 0 spiro atoms. The van der Waals surface area contributed by atoms with Gasteiger partial charge in [-0.1, -0.05) is 37.6 Å². The summed E-state index contributed by atoms with van der Waals surface area (Å²) in [5.74, 6) is 0.607. The fraction of sp³-hybridized carbons (Fsp3) is 0.647. The van der Waals surface area contributed by atoms with Crippen molar-refractivity contribution in [1.29, 1.82) is 0 Å². The van der Waals surface area contributed by atoms with Crippen LogP contribution >= 0.6 is 0 Å². The highest BCUT2D eigenvalue weighted by Gasteiger charge is 2.29. The van der Waals surface area contributed by atoms with E-state index >= 15 is 0 Å². The number of rotatable bonds is 3. The molecule has 0 saturated heterocycles. The maximum atomic E-state index is 2.50. The fourth-order valence-corrected chi connectivity index (χ4v) is 2.59. The minimum atomic E-state index is 0.187. The van der Waals surface area contributed by atoms with Crippen molar-refractivity contribution in [2.45, 2.75) is 60.0 Å². The molecule has 0 aliphatic heterocycles. The van der Waals surface area contributed by atoms with E-state index in [0.717, 1.165) is 0 Å². The normalized spacial score (nSPS) is 14.3. The van der Waals surface area contributed by atoms with E-state index in [1.54, 1.807) is 0 Å². The molecule has 1 aromatic carbocycles. The first-order chi connectivity index (χ1) is 8.14. The Morgan fingerprint density at radius 2 is 1.61 bits per heavy atom. The van der Waals surface area contributed by atoms with Crippen LogP contribution in [0.2, 0.25) is 0 Å². The summed E-state index contributed by atoms with van der Waals surface area (Å²) >= 11 is 0. The molecule has 0 amide bonds. The molecule has 1 atom stereocenters. The molecule has 18 heavy (non-hydrogen) atoms. The number of aryl methyl sites for hydroxylation is 2. The van der Waals surface area contributed by atoms with Crippen molar-refractivity contribution >= 4 is 0 Å². The van der Waals surface area contributed by atoms with E-state index in [1.165, 1.54) is 16.7 Å². The summed E-state index contributed by atoms with van der Waals surface area (Å²) in [6.45, 7) is 15.9. The number of benzene rings is 1. The van der Waals surface area contributed by atoms with Crippen molar-refractivity contribution in [3.8, 4) is 0 Å². The van der Waals surface area contributed by atoms with E-state index in [2.05, 4.69) is 78.6 Å². The molecule has 0 N–H and O–H groups in total. The molecule has 0 fully saturated rings. The Morgan fingerprint density at radius 1 is 1.06 bits per heavy atom. The lowest BCUT2D eigenvalue weighted by Crippen LogP contribution is -2.42. The summed E-state index contributed by atoms with van der Waals surface area (Å²) in [5, 5.41) is 0. The summed E-state index contributed by atoms with van der Waals surface area (Å²) < 4.78 is 0. The molecule has 1 rings (SSSR count). The number of nitrogens with zero attached hydrogens (tertiary/aromatic N) is 1. The Morgan fingerprint density at radius 3 is 2.00 bits per heavy atom. The van der Waals surface area contributed by atoms with Gasteiger partial charge in [0.2, 0.25) is 0 Å². The van der Waals surface area contributed by atoms with E-state index in [4.69, 9.17) is 0 Å². The van der Waals surface area contributed by atoms with Gasteiger partial charge in [0.05, 0.1) is 0 Å². The largest absolute Gasteiger partial charge is 0.294 e. The smallest absolute Gasteiger partial charge is 0.0375 e. The summed E-state index contributed by atoms with van der Waals surface area (Å²) in [5.41, 5.74) is 4.40. The first-order valence-electron chi connectivity index (χ1n) is 6.94. The van der Waals surface area contributed by atoms with Crippen LogP contribution < -0.4 is 0 Å². The van der Waals surface area contributed by atoms with Gasteiger partial charge in [0.1, 0.15) is 0 Å². The molecule has 102 valence electrons. The second-order valence-electron chi connectivity index (χ2n) is 6.83. The molecule has 0 aliphatic rings. The molecule has 0 radical (unpaired) electrons. The van der Waals surface area contributed by atoms with Crippen LogP contribution in [0.15, 0.2) is 18.2 Å². The first kappa shape index (κ1) is 15.2. The van der Waals surface area contributed by atoms with E-state index in [1.807, 2.05) is 0 Å². The monoisotopic (exact) mass is 247 g/mol. The zero-order valence-electron chi connectivity index (χ0n) is 13.3. The first-order valence-corrected chi connectivity index (χ1v) is 6.94. The van der Waals surface area contributed by atoms with Gasteiger partial charge in [0.15, 0.2) is 0 Å². The highest BCUT2D eigenvalue weighted by atomic mass is 15.2. The van der Waals surface area contributed by atoms with Gasteiger partial charge >= 0.3 is 0 Å². The van der Waals surface area contributed by atoms with Gasteiger partial charge in [-0.05, 0) is 58.7 Å². The maximum Gasteiger partial charge on any atom is 0.0375 e. The van der Waals surface area contributed by atoms with Crippen molar-refractivity contribution in [3.05, 3.63) is 34.9 Å². The van der Waals surface area contributed by atoms with Crippen LogP contribution in [-0.4, -0.2) is 17.5 Å². The second-order valence-corrected chi connectivity index (χ2v) is 6.83. The van der Waals surface area contributed by atoms with Crippen molar-refractivity contribution in [1.82, 2.24) is 4.90 Å². The van der Waals surface area contributed by atoms with Gasteiger partial charge in [0, 0.05) is 11.6 Å². The van der Waals surface area contributed by atoms with Crippen molar-refractivity contribution in [3.63, 3.8) is 0 Å². The van der Waals surface area contributed by atoms with Crippen molar-refractivity contribution in [2.24, 2.45) is 5.92 Å². The summed E-state index contributed by atoms with van der Waals surface area (Å²) in [6, 6.07) is 7.30. The summed E-state index contributed by atoms with van der Waals surface area (Å²) in [4.78, 5) is 2.50. The van der Waals surface area contributed by atoms with Crippen LogP contribution in [-0.2, 0) is 0 Å². The van der Waals surface area contributed by atoms with Gasteiger partial charge in [-0.25, -0.2) is 0 Å². The third kappa shape index (κ3) is 3.35. The summed E-state index contributed by atoms with van der Waals surface area (Å²) in [6.07, 6.45) is 0. The minimum Gasteiger partial charge on any atom is -0.294 e. The predicted octanol–water partition coefficient (Wildman–Crippen LogP) is 4.73. The van der Waals surface area contributed by atoms with Crippen LogP contribution in [0.25, 0.3) is 0 Å². The SMILES string of the molecule is Cc1ccc(C(C(C)C)N(C)C(C)(C)C)c(C)c1. The van der Waals surface area contributed by atoms with Crippen LogP contribution in [0, 0.1) is 19.8 Å². The van der Waals surface area contributed by atoms with E-state index < -0.39 is 0 Å². The molecule has 1 unspecified atom stereocenters. The molecule has 1 nitrogen and oxygen atoms in total. The Hall–Kier alpha value is -0.820. The predicted molar refractivity (Wildman–Crippen MR) is 81.0 cm³/mol. The fourth-order valence-electron chi connectivity index (χ4n) is 2.59. The molecule has 0 bridgehead atoms. The Balaban J connectivity index is 3.21. The molecular formula is C17H29N. The third-order valence-corrected chi connectivity index (χ3v) is 3.85. The van der Waals surface area contributed by atoms with Gasteiger partial charge in [-0.2, -0.15) is 0 Å². The topological polar surface area (TPSA) is 3.24 Å². The lowest BCUT2D eigenvalue weighted by Gasteiger charge is -2.41. The van der Waals surface area contributed by atoms with E-state index in [-0.39, 0.29) is 5.54 Å². The van der Waals surface area contributed by atoms with Gasteiger partial charge < -0.3 is 0 Å². The van der Waals surface area contributed by atoms with Gasteiger partial charge in [-0.15, -0.1) is 0 Å². The Bertz CT molecular complexity index is 399. The zero-order chi connectivity index (χ0) is 14.1. The molecule has 0 saturated carbocycles. The highest BCUT2D eigenvalue weighted by Crippen LogP contribution is 2.34. The molecular weight excluding hydrogens is 218 g/mol. The zero-order valence-corrected chi connectivity index (χ0v) is 13.3. The number of hydrogen-bond donors (Lipinski definition) is 0. The molecule has 0 heterocycles. The van der Waals surface area contributed by atoms with Crippen molar-refractivity contribution < 1.29 is 0 Å². The third-order valence-electron chi connectivity index (χ3n) is 3.85. The lowest BCUT2D eigenvalue weighted by molar-refractivity contribution is 0.0870.